The van der Waals surface area contributed by atoms with Gasteiger partial charge in [-0.2, -0.15) is 0 Å². The number of carbonyl (C=O) groups is 1. The van der Waals surface area contributed by atoms with Crippen LogP contribution in [0.25, 0.3) is 6.08 Å². The quantitative estimate of drug-likeness (QED) is 0.664. The van der Waals surface area contributed by atoms with Crippen molar-refractivity contribution in [2.45, 2.75) is 26.3 Å². The average molecular weight is 292 g/mol. The average Bonchev–Trinajstić information content (AvgIpc) is 2.34. The summed E-state index contributed by atoms with van der Waals surface area (Å²) >= 11 is 5.06. The lowest BCUT2D eigenvalue weighted by Gasteiger charge is -2.22. The highest BCUT2D eigenvalue weighted by Crippen LogP contribution is 2.18. The molecule has 20 heavy (non-hydrogen) atoms. The Kier molecular flexibility index (Phi) is 5.70. The third kappa shape index (κ3) is 5.84. The van der Waals surface area contributed by atoms with Gasteiger partial charge in [0.15, 0.2) is 5.11 Å². The van der Waals surface area contributed by atoms with E-state index in [0.29, 0.717) is 10.9 Å². The molecule has 1 aromatic rings. The first kappa shape index (κ1) is 16.2. The lowest BCUT2D eigenvalue weighted by atomic mass is 10.1. The smallest absolute Gasteiger partial charge is 0.250 e. The van der Waals surface area contributed by atoms with Crippen LogP contribution in [0.15, 0.2) is 30.3 Å². The van der Waals surface area contributed by atoms with E-state index in [1.807, 2.05) is 45.0 Å². The SMILES string of the molecule is COc1ccccc1C=CC(=O)NC(=S)NC(C)(C)C. The van der Waals surface area contributed by atoms with Gasteiger partial charge < -0.3 is 10.1 Å². The summed E-state index contributed by atoms with van der Waals surface area (Å²) in [6.07, 6.45) is 3.11. The van der Waals surface area contributed by atoms with E-state index < -0.39 is 0 Å². The number of hydrogen-bond acceptors (Lipinski definition) is 3. The van der Waals surface area contributed by atoms with Crippen LogP contribution in [0.3, 0.4) is 0 Å². The summed E-state index contributed by atoms with van der Waals surface area (Å²) in [4.78, 5) is 11.7. The van der Waals surface area contributed by atoms with E-state index in [2.05, 4.69) is 10.6 Å². The third-order valence-electron chi connectivity index (χ3n) is 2.28. The van der Waals surface area contributed by atoms with Gasteiger partial charge in [0, 0.05) is 17.2 Å². The molecule has 1 aromatic carbocycles. The summed E-state index contributed by atoms with van der Waals surface area (Å²) in [5.74, 6) is 0.435. The molecule has 1 amide bonds. The fraction of sp³-hybridized carbons (Fsp3) is 0.333. The molecule has 0 saturated carbocycles. The van der Waals surface area contributed by atoms with Crippen LogP contribution >= 0.6 is 12.2 Å². The summed E-state index contributed by atoms with van der Waals surface area (Å²) < 4.78 is 5.20. The molecule has 4 nitrogen and oxygen atoms in total. The van der Waals surface area contributed by atoms with Crippen LogP contribution in [0.4, 0.5) is 0 Å². The normalized spacial score (nSPS) is 11.2. The minimum atomic E-state index is -0.280. The largest absolute Gasteiger partial charge is 0.496 e. The first-order valence-corrected chi connectivity index (χ1v) is 6.67. The van der Waals surface area contributed by atoms with Crippen LogP contribution < -0.4 is 15.4 Å². The predicted octanol–water partition coefficient (Wildman–Crippen LogP) is 2.50. The summed E-state index contributed by atoms with van der Waals surface area (Å²) in [5.41, 5.74) is 0.649. The monoisotopic (exact) mass is 292 g/mol. The minimum absolute atomic E-state index is 0.184. The van der Waals surface area contributed by atoms with Gasteiger partial charge >= 0.3 is 0 Å². The second-order valence-corrected chi connectivity index (χ2v) is 5.68. The topological polar surface area (TPSA) is 50.4 Å². The number of amides is 1. The van der Waals surface area contributed by atoms with Crippen molar-refractivity contribution in [3.8, 4) is 5.75 Å². The van der Waals surface area contributed by atoms with Gasteiger partial charge in [0.2, 0.25) is 5.91 Å². The van der Waals surface area contributed by atoms with Crippen molar-refractivity contribution in [2.24, 2.45) is 0 Å². The van der Waals surface area contributed by atoms with Crippen LogP contribution in [0.2, 0.25) is 0 Å². The van der Waals surface area contributed by atoms with Crippen molar-refractivity contribution in [1.29, 1.82) is 0 Å². The first-order valence-electron chi connectivity index (χ1n) is 6.26. The molecule has 1 rings (SSSR count). The molecule has 108 valence electrons. The van der Waals surface area contributed by atoms with Crippen LogP contribution in [0.5, 0.6) is 5.75 Å². The van der Waals surface area contributed by atoms with Gasteiger partial charge in [-0.15, -0.1) is 0 Å². The summed E-state index contributed by atoms with van der Waals surface area (Å²) in [6, 6.07) is 7.46. The van der Waals surface area contributed by atoms with Crippen LogP contribution in [0.1, 0.15) is 26.3 Å². The predicted molar refractivity (Wildman–Crippen MR) is 85.7 cm³/mol. The van der Waals surface area contributed by atoms with E-state index >= 15 is 0 Å². The van der Waals surface area contributed by atoms with E-state index in [-0.39, 0.29) is 11.4 Å². The second-order valence-electron chi connectivity index (χ2n) is 5.27. The zero-order valence-electron chi connectivity index (χ0n) is 12.2. The molecule has 0 unspecified atom stereocenters. The van der Waals surface area contributed by atoms with Crippen molar-refractivity contribution in [2.75, 3.05) is 7.11 Å². The Hall–Kier alpha value is -1.88. The number of carbonyl (C=O) groups excluding carboxylic acids is 1. The molecule has 0 aliphatic rings. The Morgan fingerprint density at radius 1 is 1.30 bits per heavy atom. The van der Waals surface area contributed by atoms with Gasteiger partial charge in [-0.25, -0.2) is 0 Å². The molecule has 0 radical (unpaired) electrons. The van der Waals surface area contributed by atoms with Crippen LogP contribution in [-0.2, 0) is 4.79 Å². The van der Waals surface area contributed by atoms with Crippen molar-refractivity contribution in [3.05, 3.63) is 35.9 Å². The molecule has 0 atom stereocenters. The van der Waals surface area contributed by atoms with Gasteiger partial charge in [-0.1, -0.05) is 18.2 Å². The Bertz CT molecular complexity index is 519. The number of benzene rings is 1. The zero-order valence-corrected chi connectivity index (χ0v) is 13.0. The summed E-state index contributed by atoms with van der Waals surface area (Å²) in [7, 11) is 1.59. The fourth-order valence-corrected chi connectivity index (χ4v) is 1.90. The number of hydrogen-bond donors (Lipinski definition) is 2. The lowest BCUT2D eigenvalue weighted by molar-refractivity contribution is -0.115. The molecule has 0 saturated heterocycles. The van der Waals surface area contributed by atoms with E-state index in [1.54, 1.807) is 13.2 Å². The van der Waals surface area contributed by atoms with Gasteiger partial charge in [0.1, 0.15) is 5.75 Å². The molecule has 0 aliphatic heterocycles. The van der Waals surface area contributed by atoms with Gasteiger partial charge in [0.25, 0.3) is 0 Å². The number of thiocarbonyl (C=S) groups is 1. The van der Waals surface area contributed by atoms with Gasteiger partial charge in [0.05, 0.1) is 7.11 Å². The molecular formula is C15H20N2O2S. The number of methoxy groups -OCH3 is 1. The van der Waals surface area contributed by atoms with E-state index in [1.165, 1.54) is 6.08 Å². The van der Waals surface area contributed by atoms with E-state index in [0.717, 1.165) is 5.56 Å². The molecule has 2 N–H and O–H groups in total. The highest BCUT2D eigenvalue weighted by molar-refractivity contribution is 7.80. The number of nitrogens with one attached hydrogen (secondary N) is 2. The van der Waals surface area contributed by atoms with E-state index in [9.17, 15) is 4.79 Å². The summed E-state index contributed by atoms with van der Waals surface area (Å²) in [5, 5.41) is 5.92. The van der Waals surface area contributed by atoms with Gasteiger partial charge in [-0.3, -0.25) is 10.1 Å². The molecule has 5 heteroatoms. The lowest BCUT2D eigenvalue weighted by Crippen LogP contribution is -2.47. The van der Waals surface area contributed by atoms with Crippen molar-refractivity contribution in [1.82, 2.24) is 10.6 Å². The maximum atomic E-state index is 11.7. The Balaban J connectivity index is 2.62. The van der Waals surface area contributed by atoms with Gasteiger partial charge in [-0.05, 0) is 45.1 Å². The Morgan fingerprint density at radius 3 is 2.55 bits per heavy atom. The highest BCUT2D eigenvalue weighted by Gasteiger charge is 2.11. The van der Waals surface area contributed by atoms with Crippen molar-refractivity contribution in [3.63, 3.8) is 0 Å². The third-order valence-corrected chi connectivity index (χ3v) is 2.48. The Morgan fingerprint density at radius 2 is 1.95 bits per heavy atom. The van der Waals surface area contributed by atoms with E-state index in [4.69, 9.17) is 17.0 Å². The number of para-hydroxylation sites is 1. The standard InChI is InChI=1S/C15H20N2O2S/c1-15(2,3)17-14(20)16-13(18)10-9-11-7-5-6-8-12(11)19-4/h5-10H,1-4H3,(H2,16,17,18,20). The fourth-order valence-electron chi connectivity index (χ4n) is 1.49. The molecule has 0 aliphatic carbocycles. The minimum Gasteiger partial charge on any atom is -0.496 e. The number of rotatable bonds is 3. The molecular weight excluding hydrogens is 272 g/mol. The van der Waals surface area contributed by atoms with Crippen molar-refractivity contribution < 1.29 is 9.53 Å². The second kappa shape index (κ2) is 7.05. The summed E-state index contributed by atoms with van der Waals surface area (Å²) in [6.45, 7) is 5.91. The molecule has 0 spiro atoms. The molecule has 0 heterocycles. The van der Waals surface area contributed by atoms with Crippen molar-refractivity contribution >= 4 is 29.3 Å². The number of ether oxygens (including phenoxy) is 1. The molecule has 0 bridgehead atoms. The maximum Gasteiger partial charge on any atom is 0.250 e. The maximum absolute atomic E-state index is 11.7. The molecule has 0 aromatic heterocycles. The first-order chi connectivity index (χ1) is 9.31. The van der Waals surface area contributed by atoms with Crippen LogP contribution in [0, 0.1) is 0 Å². The highest BCUT2D eigenvalue weighted by atomic mass is 32.1. The Labute approximate surface area is 125 Å². The van der Waals surface area contributed by atoms with Crippen LogP contribution in [-0.4, -0.2) is 23.7 Å². The zero-order chi connectivity index (χ0) is 15.2. The molecule has 0 fully saturated rings.